The summed E-state index contributed by atoms with van der Waals surface area (Å²) in [6.45, 7) is 0.256. The van der Waals surface area contributed by atoms with E-state index in [-0.39, 0.29) is 29.5 Å². The number of alkyl halides is 5. The Balaban J connectivity index is 0.000000817. The fraction of sp³-hybridized carbons (Fsp3) is 0.438. The van der Waals surface area contributed by atoms with Crippen molar-refractivity contribution < 1.29 is 27.3 Å². The van der Waals surface area contributed by atoms with Crippen LogP contribution in [0.3, 0.4) is 0 Å². The summed E-state index contributed by atoms with van der Waals surface area (Å²) in [5.41, 5.74) is 1.16. The van der Waals surface area contributed by atoms with E-state index in [1.165, 1.54) is 12.2 Å². The standard InChI is InChI=1S/C15H14F3N3O3.CH2Cl2/c1-23-21(13(22)11-6-7-11)8-9-2-4-10(5-3-9)12-19-14(24-20-12)15(16,17)18;2-1-3/h2-5,11H,6-8H2,1H3;1H2. The molecule has 3 rings (SSSR count). The first kappa shape index (κ1) is 21.5. The average molecular weight is 426 g/mol. The summed E-state index contributed by atoms with van der Waals surface area (Å²) in [7, 11) is 1.42. The lowest BCUT2D eigenvalue weighted by atomic mass is 10.1. The van der Waals surface area contributed by atoms with E-state index < -0.39 is 12.1 Å². The van der Waals surface area contributed by atoms with Gasteiger partial charge in [0, 0.05) is 11.5 Å². The highest BCUT2D eigenvalue weighted by molar-refractivity contribution is 6.40. The third-order valence-electron chi connectivity index (χ3n) is 3.60. The molecule has 1 amide bonds. The Morgan fingerprint density at radius 3 is 2.33 bits per heavy atom. The lowest BCUT2D eigenvalue weighted by molar-refractivity contribution is -0.180. The zero-order valence-electron chi connectivity index (χ0n) is 14.2. The summed E-state index contributed by atoms with van der Waals surface area (Å²) < 4.78 is 41.6. The maximum absolute atomic E-state index is 12.5. The van der Waals surface area contributed by atoms with Gasteiger partial charge in [0.25, 0.3) is 0 Å². The van der Waals surface area contributed by atoms with Gasteiger partial charge in [-0.3, -0.25) is 9.63 Å². The van der Waals surface area contributed by atoms with Gasteiger partial charge in [-0.15, -0.1) is 23.2 Å². The molecule has 1 aliphatic rings. The van der Waals surface area contributed by atoms with Crippen LogP contribution >= 0.6 is 23.2 Å². The van der Waals surface area contributed by atoms with Crippen LogP contribution in [0.1, 0.15) is 24.3 Å². The molecule has 0 N–H and O–H groups in total. The molecule has 0 spiro atoms. The number of halogens is 5. The SMILES string of the molecule is CON(Cc1ccc(-c2noc(C(F)(F)F)n2)cc1)C(=O)C1CC1.ClCCl. The normalized spacial score (nSPS) is 13.7. The number of rotatable bonds is 5. The summed E-state index contributed by atoms with van der Waals surface area (Å²) in [6.07, 6.45) is -2.93. The molecular formula is C16H16Cl2F3N3O3. The largest absolute Gasteiger partial charge is 0.471 e. The van der Waals surface area contributed by atoms with Crippen LogP contribution in [0, 0.1) is 5.92 Å². The number of carbonyl (C=O) groups excluding carboxylic acids is 1. The molecule has 0 atom stereocenters. The van der Waals surface area contributed by atoms with Gasteiger partial charge in [0.1, 0.15) is 0 Å². The van der Waals surface area contributed by atoms with Crippen LogP contribution in [0.15, 0.2) is 28.8 Å². The van der Waals surface area contributed by atoms with Gasteiger partial charge in [0.2, 0.25) is 11.7 Å². The molecule has 0 radical (unpaired) electrons. The lowest BCUT2D eigenvalue weighted by Crippen LogP contribution is -2.30. The number of benzene rings is 1. The lowest BCUT2D eigenvalue weighted by Gasteiger charge is -2.19. The maximum atomic E-state index is 12.5. The van der Waals surface area contributed by atoms with Crippen molar-refractivity contribution in [1.82, 2.24) is 15.2 Å². The molecule has 1 saturated carbocycles. The van der Waals surface area contributed by atoms with Crippen molar-refractivity contribution in [2.45, 2.75) is 25.6 Å². The summed E-state index contributed by atoms with van der Waals surface area (Å²) in [5.74, 6) is -1.56. The van der Waals surface area contributed by atoms with Crippen molar-refractivity contribution >= 4 is 29.1 Å². The van der Waals surface area contributed by atoms with Crippen molar-refractivity contribution in [2.75, 3.05) is 12.4 Å². The highest BCUT2D eigenvalue weighted by Gasteiger charge is 2.38. The predicted octanol–water partition coefficient (Wildman–Crippen LogP) is 4.48. The van der Waals surface area contributed by atoms with E-state index >= 15 is 0 Å². The fourth-order valence-electron chi connectivity index (χ4n) is 2.15. The van der Waals surface area contributed by atoms with E-state index in [1.54, 1.807) is 24.3 Å². The van der Waals surface area contributed by atoms with Gasteiger partial charge in [-0.25, -0.2) is 5.06 Å². The van der Waals surface area contributed by atoms with Crippen LogP contribution in [0.5, 0.6) is 0 Å². The minimum absolute atomic E-state index is 0.0318. The Labute approximate surface area is 163 Å². The second-order valence-corrected chi connectivity index (χ2v) is 6.36. The average Bonchev–Trinajstić information content (AvgIpc) is 3.35. The minimum atomic E-state index is -4.67. The monoisotopic (exact) mass is 425 g/mol. The van der Waals surface area contributed by atoms with Crippen LogP contribution in [0.2, 0.25) is 0 Å². The highest BCUT2D eigenvalue weighted by atomic mass is 35.5. The number of hydroxylamine groups is 2. The Kier molecular flexibility index (Phi) is 7.46. The number of aromatic nitrogens is 2. The molecule has 0 aliphatic heterocycles. The van der Waals surface area contributed by atoms with Gasteiger partial charge in [0.15, 0.2) is 0 Å². The molecule has 0 saturated heterocycles. The van der Waals surface area contributed by atoms with Crippen LogP contribution in [0.4, 0.5) is 13.2 Å². The van der Waals surface area contributed by atoms with Crippen molar-refractivity contribution in [3.63, 3.8) is 0 Å². The fourth-order valence-corrected chi connectivity index (χ4v) is 2.15. The van der Waals surface area contributed by atoms with Crippen molar-refractivity contribution in [2.24, 2.45) is 5.92 Å². The number of nitrogens with zero attached hydrogens (tertiary/aromatic N) is 3. The summed E-state index contributed by atoms with van der Waals surface area (Å²) >= 11 is 9.53. The van der Waals surface area contributed by atoms with Gasteiger partial charge < -0.3 is 4.52 Å². The number of amides is 1. The van der Waals surface area contributed by atoms with Crippen molar-refractivity contribution in [1.29, 1.82) is 0 Å². The van der Waals surface area contributed by atoms with E-state index in [1.807, 2.05) is 0 Å². The molecule has 0 bridgehead atoms. The minimum Gasteiger partial charge on any atom is -0.329 e. The van der Waals surface area contributed by atoms with Crippen LogP contribution in [-0.4, -0.2) is 33.6 Å². The van der Waals surface area contributed by atoms with Crippen LogP contribution < -0.4 is 0 Å². The van der Waals surface area contributed by atoms with E-state index in [0.29, 0.717) is 5.56 Å². The van der Waals surface area contributed by atoms with Gasteiger partial charge in [-0.2, -0.15) is 18.2 Å². The molecule has 1 heterocycles. The first-order valence-electron chi connectivity index (χ1n) is 7.77. The van der Waals surface area contributed by atoms with Crippen LogP contribution in [-0.2, 0) is 22.4 Å². The third-order valence-corrected chi connectivity index (χ3v) is 3.60. The summed E-state index contributed by atoms with van der Waals surface area (Å²) in [4.78, 5) is 20.4. The number of hydrogen-bond acceptors (Lipinski definition) is 5. The van der Waals surface area contributed by atoms with E-state index in [2.05, 4.69) is 14.7 Å². The Hall–Kier alpha value is -1.84. The molecule has 1 fully saturated rings. The quantitative estimate of drug-likeness (QED) is 0.521. The van der Waals surface area contributed by atoms with Gasteiger partial charge in [0.05, 0.1) is 19.0 Å². The Bertz CT molecular complexity index is 749. The molecule has 0 unspecified atom stereocenters. The highest BCUT2D eigenvalue weighted by Crippen LogP contribution is 2.32. The molecule has 1 aliphatic carbocycles. The van der Waals surface area contributed by atoms with E-state index in [0.717, 1.165) is 18.4 Å². The number of hydrogen-bond donors (Lipinski definition) is 0. The second-order valence-electron chi connectivity index (χ2n) is 5.55. The molecule has 11 heteroatoms. The first-order chi connectivity index (χ1) is 12.8. The van der Waals surface area contributed by atoms with Gasteiger partial charge in [-0.1, -0.05) is 29.4 Å². The zero-order valence-corrected chi connectivity index (χ0v) is 15.7. The number of carbonyl (C=O) groups is 1. The summed E-state index contributed by atoms with van der Waals surface area (Å²) in [6, 6.07) is 6.47. The van der Waals surface area contributed by atoms with E-state index in [9.17, 15) is 18.0 Å². The predicted molar refractivity (Wildman–Crippen MR) is 91.6 cm³/mol. The smallest absolute Gasteiger partial charge is 0.329 e. The Morgan fingerprint density at radius 2 is 1.89 bits per heavy atom. The molecule has 6 nitrogen and oxygen atoms in total. The molecule has 1 aromatic heterocycles. The topological polar surface area (TPSA) is 68.5 Å². The van der Waals surface area contributed by atoms with Crippen molar-refractivity contribution in [3.8, 4) is 11.4 Å². The third kappa shape index (κ3) is 6.08. The second kappa shape index (κ2) is 9.38. The first-order valence-corrected chi connectivity index (χ1v) is 8.84. The molecule has 27 heavy (non-hydrogen) atoms. The molecule has 1 aromatic carbocycles. The van der Waals surface area contributed by atoms with Gasteiger partial charge >= 0.3 is 12.1 Å². The maximum Gasteiger partial charge on any atom is 0.471 e. The molecular weight excluding hydrogens is 410 g/mol. The van der Waals surface area contributed by atoms with Gasteiger partial charge in [-0.05, 0) is 18.4 Å². The van der Waals surface area contributed by atoms with Crippen molar-refractivity contribution in [3.05, 3.63) is 35.7 Å². The molecule has 148 valence electrons. The van der Waals surface area contributed by atoms with Crippen LogP contribution in [0.25, 0.3) is 11.4 Å². The van der Waals surface area contributed by atoms with E-state index in [4.69, 9.17) is 28.0 Å². The zero-order chi connectivity index (χ0) is 20.0. The molecule has 2 aromatic rings. The summed E-state index contributed by atoms with van der Waals surface area (Å²) in [5, 5.41) is 4.80. The Morgan fingerprint density at radius 1 is 1.30 bits per heavy atom.